The zero-order valence-corrected chi connectivity index (χ0v) is 18.4. The number of rotatable bonds is 4. The number of benzene rings is 3. The standard InChI is InChI=1S/C25H23N3O3S/c1-25(18-11-10-16-6-2-3-7-17(16)14-18)23(30)28(24(31)27-25)15-22(29)26-20-12-13-32-21-9-5-4-8-19(20)21/h2-11,14,20H,12-13,15H2,1H3,(H,26,29)(H,27,31)/t20-,25+/m1/s1. The fourth-order valence-corrected chi connectivity index (χ4v) is 5.54. The van der Waals surface area contributed by atoms with E-state index in [1.54, 1.807) is 18.7 Å². The van der Waals surface area contributed by atoms with Crippen LogP contribution >= 0.6 is 11.8 Å². The molecule has 2 heterocycles. The molecule has 2 aliphatic heterocycles. The highest BCUT2D eigenvalue weighted by Gasteiger charge is 2.49. The topological polar surface area (TPSA) is 78.5 Å². The van der Waals surface area contributed by atoms with E-state index in [2.05, 4.69) is 10.6 Å². The number of amides is 4. The van der Waals surface area contributed by atoms with Crippen LogP contribution < -0.4 is 10.6 Å². The lowest BCUT2D eigenvalue weighted by Gasteiger charge is -2.26. The zero-order chi connectivity index (χ0) is 22.3. The fourth-order valence-electron chi connectivity index (χ4n) is 4.41. The molecular formula is C25H23N3O3S. The normalized spacial score (nSPS) is 22.5. The molecule has 2 atom stereocenters. The van der Waals surface area contributed by atoms with Crippen molar-refractivity contribution in [3.05, 3.63) is 77.9 Å². The van der Waals surface area contributed by atoms with E-state index in [-0.39, 0.29) is 18.5 Å². The number of fused-ring (bicyclic) bond motifs is 2. The average Bonchev–Trinajstić information content (AvgIpc) is 3.03. The summed E-state index contributed by atoms with van der Waals surface area (Å²) in [5, 5.41) is 7.84. The minimum absolute atomic E-state index is 0.118. The number of carbonyl (C=O) groups excluding carboxylic acids is 3. The Hall–Kier alpha value is -3.32. The first-order valence-electron chi connectivity index (χ1n) is 10.6. The van der Waals surface area contributed by atoms with Gasteiger partial charge in [-0.05, 0) is 47.4 Å². The average molecular weight is 446 g/mol. The van der Waals surface area contributed by atoms with Gasteiger partial charge in [0, 0.05) is 10.6 Å². The summed E-state index contributed by atoms with van der Waals surface area (Å²) in [5.74, 6) is 0.140. The number of imide groups is 1. The summed E-state index contributed by atoms with van der Waals surface area (Å²) in [5.41, 5.74) is 0.557. The molecule has 2 N–H and O–H groups in total. The van der Waals surface area contributed by atoms with Crippen molar-refractivity contribution in [2.75, 3.05) is 12.3 Å². The van der Waals surface area contributed by atoms with E-state index < -0.39 is 17.5 Å². The molecular weight excluding hydrogens is 422 g/mol. The van der Waals surface area contributed by atoms with Crippen LogP contribution in [0.3, 0.4) is 0 Å². The predicted octanol–water partition coefficient (Wildman–Crippen LogP) is 3.96. The first kappa shape index (κ1) is 20.6. The number of urea groups is 1. The molecule has 2 aliphatic rings. The van der Waals surface area contributed by atoms with E-state index in [0.29, 0.717) is 5.56 Å². The van der Waals surface area contributed by atoms with Crippen molar-refractivity contribution in [1.29, 1.82) is 0 Å². The van der Waals surface area contributed by atoms with Gasteiger partial charge in [-0.2, -0.15) is 0 Å². The SMILES string of the molecule is C[C@@]1(c2ccc3ccccc3c2)NC(=O)N(CC(=O)N[C@@H]2CCSc3ccccc32)C1=O. The van der Waals surface area contributed by atoms with Crippen molar-refractivity contribution < 1.29 is 14.4 Å². The zero-order valence-electron chi connectivity index (χ0n) is 17.6. The van der Waals surface area contributed by atoms with Crippen LogP contribution in [0.5, 0.6) is 0 Å². The second-order valence-electron chi connectivity index (χ2n) is 8.30. The molecule has 1 fully saturated rings. The number of hydrogen-bond donors (Lipinski definition) is 2. The van der Waals surface area contributed by atoms with E-state index in [1.165, 1.54) is 0 Å². The van der Waals surface area contributed by atoms with Crippen molar-refractivity contribution in [2.24, 2.45) is 0 Å². The van der Waals surface area contributed by atoms with Crippen molar-refractivity contribution in [3.63, 3.8) is 0 Å². The Labute approximate surface area is 190 Å². The monoisotopic (exact) mass is 445 g/mol. The summed E-state index contributed by atoms with van der Waals surface area (Å²) in [6.45, 7) is 1.38. The first-order chi connectivity index (χ1) is 15.5. The summed E-state index contributed by atoms with van der Waals surface area (Å²) >= 11 is 1.77. The molecule has 0 bridgehead atoms. The van der Waals surface area contributed by atoms with Gasteiger partial charge in [0.1, 0.15) is 12.1 Å². The van der Waals surface area contributed by atoms with E-state index in [4.69, 9.17) is 0 Å². The highest BCUT2D eigenvalue weighted by atomic mass is 32.2. The molecule has 0 unspecified atom stereocenters. The highest BCUT2D eigenvalue weighted by molar-refractivity contribution is 7.99. The Bertz CT molecular complexity index is 1240. The molecule has 0 aliphatic carbocycles. The van der Waals surface area contributed by atoms with Gasteiger partial charge >= 0.3 is 6.03 Å². The van der Waals surface area contributed by atoms with Gasteiger partial charge in [0.25, 0.3) is 5.91 Å². The molecule has 6 nitrogen and oxygen atoms in total. The number of nitrogens with zero attached hydrogens (tertiary/aromatic N) is 1. The van der Waals surface area contributed by atoms with Gasteiger partial charge in [-0.25, -0.2) is 4.79 Å². The molecule has 0 spiro atoms. The van der Waals surface area contributed by atoms with Crippen molar-refractivity contribution in [3.8, 4) is 0 Å². The maximum Gasteiger partial charge on any atom is 0.325 e. The quantitative estimate of drug-likeness (QED) is 0.596. The third-order valence-electron chi connectivity index (χ3n) is 6.20. The van der Waals surface area contributed by atoms with Gasteiger partial charge in [-0.1, -0.05) is 54.6 Å². The lowest BCUT2D eigenvalue weighted by atomic mass is 9.90. The summed E-state index contributed by atoms with van der Waals surface area (Å²) in [6, 6.07) is 20.9. The summed E-state index contributed by atoms with van der Waals surface area (Å²) in [4.78, 5) is 40.9. The molecule has 0 saturated carbocycles. The van der Waals surface area contributed by atoms with Crippen LogP contribution in [0.4, 0.5) is 4.79 Å². The second kappa shape index (κ2) is 7.98. The Balaban J connectivity index is 1.33. The molecule has 0 aromatic heterocycles. The fraction of sp³-hybridized carbons (Fsp3) is 0.240. The molecule has 7 heteroatoms. The summed E-state index contributed by atoms with van der Waals surface area (Å²) < 4.78 is 0. The molecule has 5 rings (SSSR count). The Morgan fingerprint density at radius 1 is 1.09 bits per heavy atom. The van der Waals surface area contributed by atoms with E-state index >= 15 is 0 Å². The smallest absolute Gasteiger partial charge is 0.325 e. The van der Waals surface area contributed by atoms with Crippen molar-refractivity contribution in [1.82, 2.24) is 15.5 Å². The lowest BCUT2D eigenvalue weighted by molar-refractivity contribution is -0.135. The molecule has 0 radical (unpaired) electrons. The predicted molar refractivity (Wildman–Crippen MR) is 124 cm³/mol. The van der Waals surface area contributed by atoms with Gasteiger partial charge in [0.15, 0.2) is 0 Å². The number of carbonyl (C=O) groups is 3. The van der Waals surface area contributed by atoms with E-state index in [1.807, 2.05) is 66.7 Å². The van der Waals surface area contributed by atoms with Crippen molar-refractivity contribution >= 4 is 40.4 Å². The van der Waals surface area contributed by atoms with Crippen LogP contribution in [-0.2, 0) is 15.1 Å². The summed E-state index contributed by atoms with van der Waals surface area (Å²) in [7, 11) is 0. The Morgan fingerprint density at radius 2 is 1.84 bits per heavy atom. The number of thioether (sulfide) groups is 1. The van der Waals surface area contributed by atoms with Crippen LogP contribution in [0, 0.1) is 0 Å². The van der Waals surface area contributed by atoms with Gasteiger partial charge in [0.05, 0.1) is 6.04 Å². The van der Waals surface area contributed by atoms with Crippen LogP contribution in [0.25, 0.3) is 10.8 Å². The van der Waals surface area contributed by atoms with Crippen molar-refractivity contribution in [2.45, 2.75) is 29.8 Å². The number of nitrogens with one attached hydrogen (secondary N) is 2. The van der Waals surface area contributed by atoms with Gasteiger partial charge in [-0.15, -0.1) is 11.8 Å². The van der Waals surface area contributed by atoms with Crippen LogP contribution in [0.15, 0.2) is 71.6 Å². The summed E-state index contributed by atoms with van der Waals surface area (Å²) in [6.07, 6.45) is 0.808. The van der Waals surface area contributed by atoms with Crippen LogP contribution in [0.1, 0.15) is 30.5 Å². The third kappa shape index (κ3) is 3.52. The van der Waals surface area contributed by atoms with Gasteiger partial charge in [-0.3, -0.25) is 14.5 Å². The lowest BCUT2D eigenvalue weighted by Crippen LogP contribution is -2.44. The van der Waals surface area contributed by atoms with Gasteiger partial charge in [0.2, 0.25) is 5.91 Å². The minimum atomic E-state index is -1.21. The molecule has 162 valence electrons. The van der Waals surface area contributed by atoms with Crippen LogP contribution in [-0.4, -0.2) is 35.0 Å². The maximum atomic E-state index is 13.3. The molecule has 1 saturated heterocycles. The van der Waals surface area contributed by atoms with Crippen LogP contribution in [0.2, 0.25) is 0 Å². The first-order valence-corrected chi connectivity index (χ1v) is 11.6. The minimum Gasteiger partial charge on any atom is -0.348 e. The Kier molecular flexibility index (Phi) is 5.13. The van der Waals surface area contributed by atoms with E-state index in [0.717, 1.165) is 38.3 Å². The molecule has 32 heavy (non-hydrogen) atoms. The molecule has 4 amide bonds. The molecule has 3 aromatic rings. The Morgan fingerprint density at radius 3 is 2.69 bits per heavy atom. The third-order valence-corrected chi connectivity index (χ3v) is 7.32. The molecule has 3 aromatic carbocycles. The van der Waals surface area contributed by atoms with Gasteiger partial charge < -0.3 is 10.6 Å². The number of hydrogen-bond acceptors (Lipinski definition) is 4. The van der Waals surface area contributed by atoms with E-state index in [9.17, 15) is 14.4 Å². The second-order valence-corrected chi connectivity index (χ2v) is 9.44. The maximum absolute atomic E-state index is 13.3. The highest BCUT2D eigenvalue weighted by Crippen LogP contribution is 2.36. The largest absolute Gasteiger partial charge is 0.348 e.